The lowest BCUT2D eigenvalue weighted by Gasteiger charge is -2.12. The first-order valence-electron chi connectivity index (χ1n) is 7.25. The molecule has 0 aromatic heterocycles. The van der Waals surface area contributed by atoms with E-state index in [-0.39, 0.29) is 17.3 Å². The van der Waals surface area contributed by atoms with Crippen LogP contribution in [0.1, 0.15) is 19.3 Å². The fourth-order valence-electron chi connectivity index (χ4n) is 2.39. The molecule has 0 saturated carbocycles. The largest absolute Gasteiger partial charge is 0.325 e. The third-order valence-corrected chi connectivity index (χ3v) is 4.61. The van der Waals surface area contributed by atoms with Gasteiger partial charge >= 0.3 is 0 Å². The number of hydrogen-bond donors (Lipinski definition) is 2. The summed E-state index contributed by atoms with van der Waals surface area (Å²) < 4.78 is 37.9. The molecule has 0 radical (unpaired) electrons. The number of alkyl halides is 2. The Morgan fingerprint density at radius 3 is 2.95 bits per heavy atom. The molecular formula is C15H19F3N2OS. The van der Waals surface area contributed by atoms with E-state index < -0.39 is 12.2 Å². The molecule has 3 nitrogen and oxygen atoms in total. The zero-order valence-corrected chi connectivity index (χ0v) is 12.9. The van der Waals surface area contributed by atoms with Crippen LogP contribution < -0.4 is 10.6 Å². The van der Waals surface area contributed by atoms with Gasteiger partial charge in [0.15, 0.2) is 0 Å². The summed E-state index contributed by atoms with van der Waals surface area (Å²) in [6.07, 6.45) is -0.272. The molecule has 1 fully saturated rings. The van der Waals surface area contributed by atoms with Crippen molar-refractivity contribution in [2.75, 3.05) is 24.2 Å². The normalized spacial score (nSPS) is 17.9. The number of thioether (sulfide) groups is 1. The van der Waals surface area contributed by atoms with E-state index in [2.05, 4.69) is 10.6 Å². The number of halogens is 3. The summed E-state index contributed by atoms with van der Waals surface area (Å²) in [5.74, 6) is -0.610. The number of carbonyl (C=O) groups is 1. The third-order valence-electron chi connectivity index (χ3n) is 3.52. The molecule has 22 heavy (non-hydrogen) atoms. The summed E-state index contributed by atoms with van der Waals surface area (Å²) in [4.78, 5) is 12.4. The van der Waals surface area contributed by atoms with Crippen molar-refractivity contribution in [1.82, 2.24) is 5.32 Å². The molecule has 122 valence electrons. The number of carbonyl (C=O) groups excluding carboxylic acids is 1. The van der Waals surface area contributed by atoms with Gasteiger partial charge in [0.2, 0.25) is 12.3 Å². The number of anilines is 1. The second-order valence-electron chi connectivity index (χ2n) is 5.29. The van der Waals surface area contributed by atoms with Crippen molar-refractivity contribution in [1.29, 1.82) is 0 Å². The minimum absolute atomic E-state index is 0.212. The molecule has 1 saturated heterocycles. The van der Waals surface area contributed by atoms with Gasteiger partial charge in [-0.2, -0.15) is 0 Å². The van der Waals surface area contributed by atoms with Gasteiger partial charge in [-0.1, -0.05) is 0 Å². The molecule has 0 bridgehead atoms. The Morgan fingerprint density at radius 2 is 2.27 bits per heavy atom. The Labute approximate surface area is 132 Å². The van der Waals surface area contributed by atoms with Crippen LogP contribution in [0.4, 0.5) is 18.9 Å². The van der Waals surface area contributed by atoms with Crippen molar-refractivity contribution in [2.24, 2.45) is 5.92 Å². The van der Waals surface area contributed by atoms with Crippen molar-refractivity contribution >= 4 is 23.4 Å². The van der Waals surface area contributed by atoms with Crippen LogP contribution in [0.15, 0.2) is 23.1 Å². The van der Waals surface area contributed by atoms with Crippen LogP contribution in [0.5, 0.6) is 0 Å². The van der Waals surface area contributed by atoms with E-state index >= 15 is 0 Å². The van der Waals surface area contributed by atoms with Gasteiger partial charge in [0, 0.05) is 11.3 Å². The van der Waals surface area contributed by atoms with E-state index in [4.69, 9.17) is 0 Å². The Bertz CT molecular complexity index is 508. The van der Waals surface area contributed by atoms with Crippen molar-refractivity contribution in [3.63, 3.8) is 0 Å². The van der Waals surface area contributed by atoms with Crippen LogP contribution >= 0.6 is 11.8 Å². The van der Waals surface area contributed by atoms with Crippen LogP contribution in [-0.4, -0.2) is 31.2 Å². The van der Waals surface area contributed by atoms with E-state index in [1.165, 1.54) is 18.2 Å². The topological polar surface area (TPSA) is 41.1 Å². The smallest absolute Gasteiger partial charge is 0.247 e. The van der Waals surface area contributed by atoms with Crippen molar-refractivity contribution in [3.05, 3.63) is 24.0 Å². The van der Waals surface area contributed by atoms with Crippen LogP contribution in [-0.2, 0) is 4.79 Å². The lowest BCUT2D eigenvalue weighted by molar-refractivity contribution is -0.116. The van der Waals surface area contributed by atoms with Crippen molar-refractivity contribution < 1.29 is 18.0 Å². The highest BCUT2D eigenvalue weighted by molar-refractivity contribution is 7.99. The highest BCUT2D eigenvalue weighted by atomic mass is 32.2. The average Bonchev–Trinajstić information content (AvgIpc) is 2.97. The maximum Gasteiger partial charge on any atom is 0.247 e. The Kier molecular flexibility index (Phi) is 6.57. The number of nitrogens with one attached hydrogen (secondary N) is 2. The van der Waals surface area contributed by atoms with Crippen LogP contribution in [0.2, 0.25) is 0 Å². The zero-order valence-electron chi connectivity index (χ0n) is 12.1. The fraction of sp³-hybridized carbons (Fsp3) is 0.533. The summed E-state index contributed by atoms with van der Waals surface area (Å²) in [5.41, 5.74) is 0.264. The first-order chi connectivity index (χ1) is 10.5. The Hall–Kier alpha value is -1.21. The second kappa shape index (κ2) is 8.43. The Morgan fingerprint density at radius 1 is 1.45 bits per heavy atom. The highest BCUT2D eigenvalue weighted by Crippen LogP contribution is 2.29. The monoisotopic (exact) mass is 332 g/mol. The molecule has 1 heterocycles. The van der Waals surface area contributed by atoms with Gasteiger partial charge in [-0.3, -0.25) is 4.79 Å². The molecule has 2 N–H and O–H groups in total. The standard InChI is InChI=1S/C15H19F3N2OS/c16-11-2-3-13(22-9-14(17)18)12(7-11)20-15(21)4-1-10-5-6-19-8-10/h2-3,7,10,14,19H,1,4-6,8-9H2,(H,20,21). The Balaban J connectivity index is 1.91. The molecule has 1 aromatic carbocycles. The molecule has 0 spiro atoms. The lowest BCUT2D eigenvalue weighted by atomic mass is 10.0. The van der Waals surface area contributed by atoms with Crippen molar-refractivity contribution in [3.8, 4) is 0 Å². The molecule has 0 aliphatic carbocycles. The SMILES string of the molecule is O=C(CCC1CCNC1)Nc1cc(F)ccc1SCC(F)F. The van der Waals surface area contributed by atoms with Crippen LogP contribution in [0.25, 0.3) is 0 Å². The predicted octanol–water partition coefficient (Wildman–Crippen LogP) is 3.51. The van der Waals surface area contributed by atoms with Gasteiger partial charge < -0.3 is 10.6 Å². The number of benzene rings is 1. The minimum Gasteiger partial charge on any atom is -0.325 e. The maximum absolute atomic E-state index is 13.3. The lowest BCUT2D eigenvalue weighted by Crippen LogP contribution is -2.15. The molecule has 1 unspecified atom stereocenters. The molecule has 1 aliphatic rings. The van der Waals surface area contributed by atoms with Crippen LogP contribution in [0, 0.1) is 11.7 Å². The molecule has 1 aliphatic heterocycles. The van der Waals surface area contributed by atoms with E-state index in [0.717, 1.165) is 37.7 Å². The maximum atomic E-state index is 13.3. The molecule has 1 amide bonds. The van der Waals surface area contributed by atoms with Gasteiger partial charge in [0.25, 0.3) is 0 Å². The van der Waals surface area contributed by atoms with Crippen molar-refractivity contribution in [2.45, 2.75) is 30.6 Å². The summed E-state index contributed by atoms with van der Waals surface area (Å²) in [6, 6.07) is 3.79. The second-order valence-corrected chi connectivity index (χ2v) is 6.35. The van der Waals surface area contributed by atoms with Crippen LogP contribution in [0.3, 0.4) is 0 Å². The van der Waals surface area contributed by atoms with E-state index in [1.54, 1.807) is 0 Å². The summed E-state index contributed by atoms with van der Waals surface area (Å²) in [6.45, 7) is 1.90. The molecule has 1 aromatic rings. The number of rotatable bonds is 7. The quantitative estimate of drug-likeness (QED) is 0.751. The van der Waals surface area contributed by atoms with Gasteiger partial charge in [-0.15, -0.1) is 11.8 Å². The van der Waals surface area contributed by atoms with Gasteiger partial charge in [-0.25, -0.2) is 13.2 Å². The van der Waals surface area contributed by atoms with E-state index in [1.807, 2.05) is 0 Å². The van der Waals surface area contributed by atoms with Gasteiger partial charge in [-0.05, 0) is 50.0 Å². The first-order valence-corrected chi connectivity index (χ1v) is 8.24. The van der Waals surface area contributed by atoms with E-state index in [9.17, 15) is 18.0 Å². The fourth-order valence-corrected chi connectivity index (χ4v) is 3.12. The van der Waals surface area contributed by atoms with Gasteiger partial charge in [0.05, 0.1) is 11.4 Å². The summed E-state index contributed by atoms with van der Waals surface area (Å²) >= 11 is 0.908. The molecule has 1 atom stereocenters. The molecule has 7 heteroatoms. The average molecular weight is 332 g/mol. The highest BCUT2D eigenvalue weighted by Gasteiger charge is 2.16. The van der Waals surface area contributed by atoms with E-state index in [0.29, 0.717) is 17.2 Å². The summed E-state index contributed by atoms with van der Waals surface area (Å²) in [5, 5.41) is 5.87. The third kappa shape index (κ3) is 5.53. The summed E-state index contributed by atoms with van der Waals surface area (Å²) in [7, 11) is 0. The zero-order chi connectivity index (χ0) is 15.9. The van der Waals surface area contributed by atoms with Gasteiger partial charge in [0.1, 0.15) is 5.82 Å². The minimum atomic E-state index is -2.45. The first kappa shape index (κ1) is 17.1. The number of hydrogen-bond acceptors (Lipinski definition) is 3. The number of amides is 1. The molecule has 2 rings (SSSR count). The predicted molar refractivity (Wildman–Crippen MR) is 82.0 cm³/mol. The molecular weight excluding hydrogens is 313 g/mol.